The van der Waals surface area contributed by atoms with Crippen LogP contribution < -0.4 is 10.2 Å². The van der Waals surface area contributed by atoms with Gasteiger partial charge in [-0.15, -0.1) is 0 Å². The van der Waals surface area contributed by atoms with Crippen molar-refractivity contribution in [3.63, 3.8) is 0 Å². The average Bonchev–Trinajstić information content (AvgIpc) is 2.89. The Balaban J connectivity index is 2.12. The Kier molecular flexibility index (Phi) is 4.19. The second kappa shape index (κ2) is 5.53. The van der Waals surface area contributed by atoms with Crippen molar-refractivity contribution in [1.29, 1.82) is 0 Å². The first-order chi connectivity index (χ1) is 8.90. The van der Waals surface area contributed by atoms with Gasteiger partial charge < -0.3 is 10.2 Å². The lowest BCUT2D eigenvalue weighted by Crippen LogP contribution is -2.27. The fourth-order valence-electron chi connectivity index (χ4n) is 2.77. The first-order valence-electron chi connectivity index (χ1n) is 7.37. The van der Waals surface area contributed by atoms with Gasteiger partial charge in [-0.3, -0.25) is 4.68 Å². The van der Waals surface area contributed by atoms with E-state index in [9.17, 15) is 0 Å². The van der Waals surface area contributed by atoms with Crippen LogP contribution >= 0.6 is 0 Å². The van der Waals surface area contributed by atoms with Gasteiger partial charge in [-0.1, -0.05) is 20.8 Å². The van der Waals surface area contributed by atoms with Crippen LogP contribution in [0.1, 0.15) is 38.4 Å². The van der Waals surface area contributed by atoms with Gasteiger partial charge in [-0.05, 0) is 25.2 Å². The van der Waals surface area contributed by atoms with Gasteiger partial charge in [0.15, 0.2) is 0 Å². The third-order valence-corrected chi connectivity index (χ3v) is 4.15. The Morgan fingerprint density at radius 1 is 1.47 bits per heavy atom. The fraction of sp³-hybridized carbons (Fsp3) is 0.800. The largest absolute Gasteiger partial charge is 0.359 e. The maximum absolute atomic E-state index is 4.59. The molecule has 4 nitrogen and oxygen atoms in total. The molecule has 0 amide bonds. The molecule has 1 aliphatic rings. The molecule has 2 rings (SSSR count). The Morgan fingerprint density at radius 2 is 2.11 bits per heavy atom. The highest BCUT2D eigenvalue weighted by molar-refractivity contribution is 5.49. The van der Waals surface area contributed by atoms with E-state index < -0.39 is 0 Å². The molecule has 1 aliphatic carbocycles. The number of nitrogens with zero attached hydrogens (tertiary/aromatic N) is 3. The lowest BCUT2D eigenvalue weighted by molar-refractivity contribution is 0.585. The molecule has 0 aromatic carbocycles. The SMILES string of the molecule is Cc1nn(C)c(N(C)CC2CC2C)c1CNC(C)C. The number of nitrogens with one attached hydrogen (secondary N) is 1. The molecule has 19 heavy (non-hydrogen) atoms. The molecule has 2 atom stereocenters. The molecule has 1 aromatic heterocycles. The number of rotatable bonds is 6. The monoisotopic (exact) mass is 264 g/mol. The second-order valence-corrected chi connectivity index (χ2v) is 6.40. The van der Waals surface area contributed by atoms with Crippen molar-refractivity contribution in [2.45, 2.75) is 46.7 Å². The molecule has 1 N–H and O–H groups in total. The Bertz CT molecular complexity index is 436. The lowest BCUT2D eigenvalue weighted by Gasteiger charge is -2.21. The summed E-state index contributed by atoms with van der Waals surface area (Å²) in [4.78, 5) is 2.38. The van der Waals surface area contributed by atoms with Crippen molar-refractivity contribution in [3.8, 4) is 0 Å². The zero-order valence-corrected chi connectivity index (χ0v) is 13.2. The molecule has 0 bridgehead atoms. The van der Waals surface area contributed by atoms with E-state index in [4.69, 9.17) is 0 Å². The lowest BCUT2D eigenvalue weighted by atomic mass is 10.2. The molecule has 0 spiro atoms. The summed E-state index contributed by atoms with van der Waals surface area (Å²) in [5.41, 5.74) is 2.48. The van der Waals surface area contributed by atoms with Crippen LogP contribution in [-0.4, -0.2) is 29.4 Å². The smallest absolute Gasteiger partial charge is 0.131 e. The molecule has 1 heterocycles. The van der Waals surface area contributed by atoms with E-state index in [1.807, 2.05) is 11.7 Å². The zero-order valence-electron chi connectivity index (χ0n) is 13.2. The van der Waals surface area contributed by atoms with Crippen molar-refractivity contribution < 1.29 is 0 Å². The zero-order chi connectivity index (χ0) is 14.2. The molecule has 2 unspecified atom stereocenters. The Labute approximate surface area is 117 Å². The second-order valence-electron chi connectivity index (χ2n) is 6.40. The number of aryl methyl sites for hydroxylation is 2. The van der Waals surface area contributed by atoms with Crippen LogP contribution in [0.25, 0.3) is 0 Å². The summed E-state index contributed by atoms with van der Waals surface area (Å²) in [6, 6.07) is 0.501. The van der Waals surface area contributed by atoms with Crippen LogP contribution in [0.5, 0.6) is 0 Å². The van der Waals surface area contributed by atoms with E-state index in [0.29, 0.717) is 6.04 Å². The highest BCUT2D eigenvalue weighted by atomic mass is 15.4. The first kappa shape index (κ1) is 14.4. The summed E-state index contributed by atoms with van der Waals surface area (Å²) >= 11 is 0. The molecule has 108 valence electrons. The minimum absolute atomic E-state index is 0.501. The molecular formula is C15H28N4. The minimum Gasteiger partial charge on any atom is -0.359 e. The van der Waals surface area contributed by atoms with Crippen molar-refractivity contribution in [3.05, 3.63) is 11.3 Å². The molecule has 1 fully saturated rings. The summed E-state index contributed by atoms with van der Waals surface area (Å²) in [5, 5.41) is 8.10. The van der Waals surface area contributed by atoms with Gasteiger partial charge in [-0.2, -0.15) is 5.10 Å². The third-order valence-electron chi connectivity index (χ3n) is 4.15. The van der Waals surface area contributed by atoms with Crippen molar-refractivity contribution in [2.75, 3.05) is 18.5 Å². The highest BCUT2D eigenvalue weighted by Gasteiger charge is 2.34. The maximum Gasteiger partial charge on any atom is 0.131 e. The number of hydrogen-bond acceptors (Lipinski definition) is 3. The summed E-state index contributed by atoms with van der Waals surface area (Å²) in [6.07, 6.45) is 1.38. The van der Waals surface area contributed by atoms with Gasteiger partial charge in [0.1, 0.15) is 5.82 Å². The van der Waals surface area contributed by atoms with E-state index in [-0.39, 0.29) is 0 Å². The predicted molar refractivity (Wildman–Crippen MR) is 80.5 cm³/mol. The predicted octanol–water partition coefficient (Wildman–Crippen LogP) is 2.32. The number of hydrogen-bond donors (Lipinski definition) is 1. The van der Waals surface area contributed by atoms with Gasteiger partial charge in [0.05, 0.1) is 5.69 Å². The van der Waals surface area contributed by atoms with Crippen LogP contribution in [0.4, 0.5) is 5.82 Å². The van der Waals surface area contributed by atoms with E-state index in [0.717, 1.165) is 30.6 Å². The third kappa shape index (κ3) is 3.30. The van der Waals surface area contributed by atoms with Crippen molar-refractivity contribution >= 4 is 5.82 Å². The number of aromatic nitrogens is 2. The first-order valence-corrected chi connectivity index (χ1v) is 7.37. The van der Waals surface area contributed by atoms with Gasteiger partial charge in [0, 0.05) is 38.8 Å². The van der Waals surface area contributed by atoms with Crippen LogP contribution in [-0.2, 0) is 13.6 Å². The molecule has 0 aliphatic heterocycles. The highest BCUT2D eigenvalue weighted by Crippen LogP contribution is 2.39. The fourth-order valence-corrected chi connectivity index (χ4v) is 2.77. The van der Waals surface area contributed by atoms with Crippen LogP contribution in [0.2, 0.25) is 0 Å². The summed E-state index contributed by atoms with van der Waals surface area (Å²) in [5.74, 6) is 3.03. The molecule has 0 saturated heterocycles. The van der Waals surface area contributed by atoms with Gasteiger partial charge in [-0.25, -0.2) is 0 Å². The summed E-state index contributed by atoms with van der Waals surface area (Å²) < 4.78 is 2.03. The molecule has 1 saturated carbocycles. The van der Waals surface area contributed by atoms with Crippen LogP contribution in [0.15, 0.2) is 0 Å². The van der Waals surface area contributed by atoms with Crippen molar-refractivity contribution in [1.82, 2.24) is 15.1 Å². The normalized spacial score (nSPS) is 22.1. The summed E-state index contributed by atoms with van der Waals surface area (Å²) in [6.45, 7) is 10.9. The molecule has 4 heteroatoms. The van der Waals surface area contributed by atoms with Gasteiger partial charge in [0.2, 0.25) is 0 Å². The minimum atomic E-state index is 0.501. The van der Waals surface area contributed by atoms with Crippen molar-refractivity contribution in [2.24, 2.45) is 18.9 Å². The van der Waals surface area contributed by atoms with E-state index in [1.54, 1.807) is 0 Å². The van der Waals surface area contributed by atoms with Gasteiger partial charge in [0.25, 0.3) is 0 Å². The summed E-state index contributed by atoms with van der Waals surface area (Å²) in [7, 11) is 4.24. The average molecular weight is 264 g/mol. The van der Waals surface area contributed by atoms with E-state index in [1.165, 1.54) is 17.8 Å². The van der Waals surface area contributed by atoms with Gasteiger partial charge >= 0.3 is 0 Å². The Morgan fingerprint density at radius 3 is 2.63 bits per heavy atom. The standard InChI is InChI=1S/C15H28N4/c1-10(2)16-8-14-12(4)17-19(6)15(14)18(5)9-13-7-11(13)3/h10-11,13,16H,7-9H2,1-6H3. The quantitative estimate of drug-likeness (QED) is 0.856. The Hall–Kier alpha value is -1.03. The molecule has 1 aromatic rings. The maximum atomic E-state index is 4.59. The van der Waals surface area contributed by atoms with E-state index >= 15 is 0 Å². The topological polar surface area (TPSA) is 33.1 Å². The number of anilines is 1. The van der Waals surface area contributed by atoms with Crippen LogP contribution in [0.3, 0.4) is 0 Å². The molecular weight excluding hydrogens is 236 g/mol. The van der Waals surface area contributed by atoms with E-state index in [2.05, 4.69) is 50.1 Å². The molecule has 0 radical (unpaired) electrons. The van der Waals surface area contributed by atoms with Crippen LogP contribution in [0, 0.1) is 18.8 Å².